The number of rotatable bonds is 3. The Labute approximate surface area is 158 Å². The van der Waals surface area contributed by atoms with Gasteiger partial charge in [0.05, 0.1) is 22.6 Å². The lowest BCUT2D eigenvalue weighted by atomic mass is 10.2. The van der Waals surface area contributed by atoms with E-state index in [1.165, 1.54) is 6.07 Å². The highest BCUT2D eigenvalue weighted by molar-refractivity contribution is 5.79. The summed E-state index contributed by atoms with van der Waals surface area (Å²) in [7, 11) is 0. The number of halogens is 3. The van der Waals surface area contributed by atoms with Gasteiger partial charge in [0.1, 0.15) is 11.3 Å². The molecule has 28 heavy (non-hydrogen) atoms. The maximum absolute atomic E-state index is 12.8. The second kappa shape index (κ2) is 6.84. The Kier molecular flexibility index (Phi) is 4.82. The van der Waals surface area contributed by atoms with Crippen LogP contribution in [0, 0.1) is 0 Å². The maximum atomic E-state index is 12.8. The van der Waals surface area contributed by atoms with Crippen LogP contribution in [-0.4, -0.2) is 26.8 Å². The summed E-state index contributed by atoms with van der Waals surface area (Å²) < 4.78 is 48.9. The number of H-pyrrole nitrogens is 1. The molecular weight excluding hydrogens is 377 g/mol. The van der Waals surface area contributed by atoms with Gasteiger partial charge in [-0.2, -0.15) is 13.2 Å². The van der Waals surface area contributed by atoms with Gasteiger partial charge < -0.3 is 19.6 Å². The summed E-state index contributed by atoms with van der Waals surface area (Å²) >= 11 is 0. The molecule has 0 radical (unpaired) electrons. The Morgan fingerprint density at radius 2 is 1.96 bits per heavy atom. The minimum absolute atomic E-state index is 0.225. The molecule has 0 spiro atoms. The lowest BCUT2D eigenvalue weighted by Crippen LogP contribution is -2.34. The lowest BCUT2D eigenvalue weighted by Gasteiger charge is -2.21. The molecule has 0 fully saturated rings. The quantitative estimate of drug-likeness (QED) is 0.662. The summed E-state index contributed by atoms with van der Waals surface area (Å²) in [6, 6.07) is 4.27. The van der Waals surface area contributed by atoms with Gasteiger partial charge in [-0.05, 0) is 45.9 Å². The van der Waals surface area contributed by atoms with E-state index in [1.54, 1.807) is 33.8 Å². The number of benzene rings is 1. The summed E-state index contributed by atoms with van der Waals surface area (Å²) in [5.74, 6) is 0.468. The third kappa shape index (κ3) is 4.44. The fourth-order valence-corrected chi connectivity index (χ4v) is 2.47. The van der Waals surface area contributed by atoms with Gasteiger partial charge in [0.15, 0.2) is 5.82 Å². The van der Waals surface area contributed by atoms with E-state index in [2.05, 4.69) is 20.4 Å². The number of nitrogens with zero attached hydrogens (tertiary/aromatic N) is 2. The minimum Gasteiger partial charge on any atom is -0.444 e. The van der Waals surface area contributed by atoms with Crippen LogP contribution in [0.5, 0.6) is 0 Å². The molecule has 150 valence electrons. The third-order valence-corrected chi connectivity index (χ3v) is 3.75. The Morgan fingerprint density at radius 3 is 2.61 bits per heavy atom. The number of carbonyl (C=O) groups is 1. The van der Waals surface area contributed by atoms with Gasteiger partial charge in [0.2, 0.25) is 5.76 Å². The van der Waals surface area contributed by atoms with Crippen molar-refractivity contribution in [1.82, 2.24) is 20.4 Å². The van der Waals surface area contributed by atoms with Crippen molar-refractivity contribution in [1.29, 1.82) is 0 Å². The summed E-state index contributed by atoms with van der Waals surface area (Å²) in [6.45, 7) is 6.94. The highest BCUT2D eigenvalue weighted by Gasteiger charge is 2.31. The second-order valence-corrected chi connectivity index (χ2v) is 7.30. The number of nitrogens with one attached hydrogen (secondary N) is 2. The van der Waals surface area contributed by atoms with E-state index in [4.69, 9.17) is 9.26 Å². The van der Waals surface area contributed by atoms with Crippen molar-refractivity contribution in [3.05, 3.63) is 35.5 Å². The lowest BCUT2D eigenvalue weighted by molar-refractivity contribution is -0.137. The van der Waals surface area contributed by atoms with Gasteiger partial charge in [-0.3, -0.25) is 0 Å². The van der Waals surface area contributed by atoms with E-state index in [9.17, 15) is 18.0 Å². The van der Waals surface area contributed by atoms with Crippen LogP contribution in [0.4, 0.5) is 18.0 Å². The number of aromatic amines is 1. The van der Waals surface area contributed by atoms with Gasteiger partial charge in [-0.15, -0.1) is 0 Å². The van der Waals surface area contributed by atoms with E-state index < -0.39 is 29.5 Å². The van der Waals surface area contributed by atoms with Crippen LogP contribution in [0.3, 0.4) is 0 Å². The molecule has 1 atom stereocenters. The first-order chi connectivity index (χ1) is 12.9. The molecule has 1 amide bonds. The zero-order valence-corrected chi connectivity index (χ0v) is 15.6. The van der Waals surface area contributed by atoms with Crippen LogP contribution >= 0.6 is 0 Å². The summed E-state index contributed by atoms with van der Waals surface area (Å²) in [5, 5.41) is 6.51. The van der Waals surface area contributed by atoms with Crippen LogP contribution < -0.4 is 5.32 Å². The number of carbonyl (C=O) groups excluding carboxylic acids is 1. The van der Waals surface area contributed by atoms with Crippen LogP contribution in [-0.2, 0) is 10.9 Å². The average Bonchev–Trinajstić information content (AvgIpc) is 3.18. The normalized spacial score (nSPS) is 13.5. The number of ether oxygens (including phenoxy) is 1. The van der Waals surface area contributed by atoms with Gasteiger partial charge >= 0.3 is 12.3 Å². The number of aromatic nitrogens is 3. The number of hydrogen-bond donors (Lipinski definition) is 2. The van der Waals surface area contributed by atoms with Crippen molar-refractivity contribution in [2.45, 2.75) is 45.5 Å². The van der Waals surface area contributed by atoms with E-state index in [0.29, 0.717) is 11.2 Å². The molecule has 0 aliphatic rings. The molecular formula is C18H19F3N4O3. The predicted molar refractivity (Wildman–Crippen MR) is 94.4 cm³/mol. The van der Waals surface area contributed by atoms with Crippen molar-refractivity contribution in [3.8, 4) is 11.6 Å². The van der Waals surface area contributed by atoms with Crippen LogP contribution in [0.15, 0.2) is 28.8 Å². The van der Waals surface area contributed by atoms with E-state index >= 15 is 0 Å². The number of imidazole rings is 1. The zero-order valence-electron chi connectivity index (χ0n) is 15.6. The van der Waals surface area contributed by atoms with Gasteiger partial charge in [-0.1, -0.05) is 5.16 Å². The molecule has 0 aliphatic heterocycles. The second-order valence-electron chi connectivity index (χ2n) is 7.30. The van der Waals surface area contributed by atoms with E-state index in [0.717, 1.165) is 12.1 Å². The van der Waals surface area contributed by atoms with Crippen molar-refractivity contribution in [2.24, 2.45) is 0 Å². The number of amides is 1. The number of alkyl carbamates (subject to hydrolysis) is 1. The van der Waals surface area contributed by atoms with Crippen molar-refractivity contribution >= 4 is 17.1 Å². The molecule has 2 aromatic heterocycles. The molecule has 1 aromatic carbocycles. The fourth-order valence-electron chi connectivity index (χ4n) is 2.47. The molecule has 2 heterocycles. The SMILES string of the molecule is C[C@@H](NC(=O)OC(C)(C)C)c1cc(-c2nc3ccc(C(F)(F)F)cc3[nH]2)on1. The van der Waals surface area contributed by atoms with E-state index in [1.807, 2.05) is 0 Å². The Balaban J connectivity index is 1.79. The van der Waals surface area contributed by atoms with Gasteiger partial charge in [0.25, 0.3) is 0 Å². The molecule has 7 nitrogen and oxygen atoms in total. The third-order valence-electron chi connectivity index (χ3n) is 3.75. The van der Waals surface area contributed by atoms with E-state index in [-0.39, 0.29) is 17.1 Å². The number of alkyl halides is 3. The van der Waals surface area contributed by atoms with Gasteiger partial charge in [-0.25, -0.2) is 9.78 Å². The van der Waals surface area contributed by atoms with Crippen LogP contribution in [0.2, 0.25) is 0 Å². The Hall–Kier alpha value is -3.04. The first-order valence-corrected chi connectivity index (χ1v) is 8.46. The molecule has 2 N–H and O–H groups in total. The first kappa shape index (κ1) is 19.7. The van der Waals surface area contributed by atoms with Crippen molar-refractivity contribution < 1.29 is 27.2 Å². The van der Waals surface area contributed by atoms with Crippen molar-refractivity contribution in [3.63, 3.8) is 0 Å². The van der Waals surface area contributed by atoms with Crippen molar-refractivity contribution in [2.75, 3.05) is 0 Å². The number of hydrogen-bond acceptors (Lipinski definition) is 5. The standard InChI is InChI=1S/C18H19F3N4O3/c1-9(22-16(26)27-17(2,3)4)12-8-14(28-25-12)15-23-11-6-5-10(18(19,20)21)7-13(11)24-15/h5-9H,1-4H3,(H,22,26)(H,23,24)/t9-/m1/s1. The Bertz CT molecular complexity index is 1000. The molecule has 0 unspecified atom stereocenters. The molecule has 0 aliphatic carbocycles. The zero-order chi connectivity index (χ0) is 20.7. The summed E-state index contributed by atoms with van der Waals surface area (Å²) in [6.07, 6.45) is -5.05. The highest BCUT2D eigenvalue weighted by atomic mass is 19.4. The van der Waals surface area contributed by atoms with Crippen LogP contribution in [0.1, 0.15) is 45.0 Å². The highest BCUT2D eigenvalue weighted by Crippen LogP contribution is 2.32. The minimum atomic E-state index is -4.44. The summed E-state index contributed by atoms with van der Waals surface area (Å²) in [4.78, 5) is 18.9. The maximum Gasteiger partial charge on any atom is 0.416 e. The van der Waals surface area contributed by atoms with Gasteiger partial charge in [0, 0.05) is 6.07 Å². The average molecular weight is 396 g/mol. The topological polar surface area (TPSA) is 93.0 Å². The van der Waals surface area contributed by atoms with Crippen LogP contribution in [0.25, 0.3) is 22.6 Å². The molecule has 3 aromatic rings. The largest absolute Gasteiger partial charge is 0.444 e. The molecule has 0 bridgehead atoms. The number of fused-ring (bicyclic) bond motifs is 1. The molecule has 10 heteroatoms. The fraction of sp³-hybridized carbons (Fsp3) is 0.389. The predicted octanol–water partition coefficient (Wildman–Crippen LogP) is 4.82. The monoisotopic (exact) mass is 396 g/mol. The molecule has 0 saturated carbocycles. The summed E-state index contributed by atoms with van der Waals surface area (Å²) in [5.41, 5.74) is -0.410. The molecule has 0 saturated heterocycles. The smallest absolute Gasteiger partial charge is 0.416 e. The molecule has 3 rings (SSSR count). The first-order valence-electron chi connectivity index (χ1n) is 8.46. The Morgan fingerprint density at radius 1 is 1.25 bits per heavy atom.